The molecule has 1 heterocycles. The van der Waals surface area contributed by atoms with Gasteiger partial charge in [0.25, 0.3) is 5.91 Å². The number of hydrogen-bond acceptors (Lipinski definition) is 4. The predicted octanol–water partition coefficient (Wildman–Crippen LogP) is 6.08. The number of nitrogens with one attached hydrogen (secondary N) is 1. The lowest BCUT2D eigenvalue weighted by Crippen LogP contribution is -2.30. The topological polar surface area (TPSA) is 79.6 Å². The number of anilines is 1. The Balaban J connectivity index is 1.38. The van der Waals surface area contributed by atoms with Gasteiger partial charge in [-0.25, -0.2) is 8.42 Å². The van der Waals surface area contributed by atoms with Crippen molar-refractivity contribution >= 4 is 32.4 Å². The second-order valence-electron chi connectivity index (χ2n) is 8.34. The molecule has 5 rings (SSSR count). The number of carbonyl (C=O) groups is 1. The highest BCUT2D eigenvalue weighted by molar-refractivity contribution is 7.89. The Morgan fingerprint density at radius 1 is 0.750 bits per heavy atom. The molecule has 4 aromatic carbocycles. The first-order chi connectivity index (χ1) is 17.5. The van der Waals surface area contributed by atoms with E-state index in [1.165, 1.54) is 22.7 Å². The summed E-state index contributed by atoms with van der Waals surface area (Å²) in [6, 6.07) is 32.4. The van der Waals surface area contributed by atoms with E-state index >= 15 is 0 Å². The highest BCUT2D eigenvalue weighted by Crippen LogP contribution is 2.24. The van der Waals surface area contributed by atoms with Crippen molar-refractivity contribution in [1.29, 1.82) is 0 Å². The minimum absolute atomic E-state index is 0.101. The van der Waals surface area contributed by atoms with Crippen molar-refractivity contribution in [3.05, 3.63) is 132 Å². The van der Waals surface area contributed by atoms with Gasteiger partial charge < -0.3 is 9.73 Å². The minimum Gasteiger partial charge on any atom is -0.468 e. The number of furan rings is 1. The van der Waals surface area contributed by atoms with E-state index in [1.54, 1.807) is 30.3 Å². The van der Waals surface area contributed by atoms with E-state index in [0.717, 1.165) is 16.3 Å². The van der Waals surface area contributed by atoms with E-state index in [2.05, 4.69) is 5.32 Å². The van der Waals surface area contributed by atoms with Gasteiger partial charge in [-0.05, 0) is 58.8 Å². The molecule has 0 aliphatic carbocycles. The zero-order chi connectivity index (χ0) is 25.0. The molecule has 6 nitrogen and oxygen atoms in total. The number of benzene rings is 4. The third-order valence-corrected chi connectivity index (χ3v) is 7.70. The minimum atomic E-state index is -3.84. The fourth-order valence-electron chi connectivity index (χ4n) is 4.07. The van der Waals surface area contributed by atoms with Crippen LogP contribution in [0.3, 0.4) is 0 Å². The first-order valence-corrected chi connectivity index (χ1v) is 12.9. The molecular formula is C29H24N2O4S. The van der Waals surface area contributed by atoms with Gasteiger partial charge in [0, 0.05) is 17.8 Å². The molecule has 5 aromatic rings. The summed E-state index contributed by atoms with van der Waals surface area (Å²) >= 11 is 0. The van der Waals surface area contributed by atoms with E-state index in [0.29, 0.717) is 17.0 Å². The van der Waals surface area contributed by atoms with E-state index < -0.39 is 10.0 Å². The van der Waals surface area contributed by atoms with Gasteiger partial charge in [-0.15, -0.1) is 0 Å². The van der Waals surface area contributed by atoms with Gasteiger partial charge in [0.15, 0.2) is 0 Å². The monoisotopic (exact) mass is 496 g/mol. The summed E-state index contributed by atoms with van der Waals surface area (Å²) in [7, 11) is -3.84. The first-order valence-electron chi connectivity index (χ1n) is 11.5. The average molecular weight is 497 g/mol. The van der Waals surface area contributed by atoms with E-state index in [1.807, 2.05) is 66.7 Å². The van der Waals surface area contributed by atoms with Crippen LogP contribution in [0.15, 0.2) is 125 Å². The maximum atomic E-state index is 13.6. The smallest absolute Gasteiger partial charge is 0.256 e. The summed E-state index contributed by atoms with van der Waals surface area (Å²) in [6.45, 7) is 0.299. The van der Waals surface area contributed by atoms with Gasteiger partial charge in [-0.1, -0.05) is 66.7 Å². The summed E-state index contributed by atoms with van der Waals surface area (Å²) in [5, 5.41) is 4.70. The summed E-state index contributed by atoms with van der Waals surface area (Å²) < 4.78 is 33.9. The van der Waals surface area contributed by atoms with Gasteiger partial charge in [-0.2, -0.15) is 4.31 Å². The molecule has 0 atom stereocenters. The predicted molar refractivity (Wildman–Crippen MR) is 140 cm³/mol. The molecule has 0 spiro atoms. The number of fused-ring (bicyclic) bond motifs is 1. The summed E-state index contributed by atoms with van der Waals surface area (Å²) in [5.41, 5.74) is 1.93. The Morgan fingerprint density at radius 2 is 1.47 bits per heavy atom. The molecule has 180 valence electrons. The maximum absolute atomic E-state index is 13.6. The molecule has 0 aliphatic rings. The third-order valence-electron chi connectivity index (χ3n) is 5.90. The van der Waals surface area contributed by atoms with Crippen molar-refractivity contribution in [1.82, 2.24) is 4.31 Å². The number of carbonyl (C=O) groups excluding carboxylic acids is 1. The second kappa shape index (κ2) is 10.2. The van der Waals surface area contributed by atoms with Gasteiger partial charge in [0.05, 0.1) is 17.7 Å². The number of amides is 1. The molecular weight excluding hydrogens is 472 g/mol. The Kier molecular flexibility index (Phi) is 6.66. The van der Waals surface area contributed by atoms with Crippen molar-refractivity contribution in [3.8, 4) is 0 Å². The van der Waals surface area contributed by atoms with Crippen molar-refractivity contribution in [2.24, 2.45) is 0 Å². The van der Waals surface area contributed by atoms with Crippen LogP contribution in [0.5, 0.6) is 0 Å². The molecule has 0 saturated heterocycles. The van der Waals surface area contributed by atoms with Crippen LogP contribution in [0.2, 0.25) is 0 Å². The molecule has 0 fully saturated rings. The van der Waals surface area contributed by atoms with Crippen LogP contribution >= 0.6 is 0 Å². The normalized spacial score (nSPS) is 11.6. The molecule has 0 aliphatic heterocycles. The molecule has 0 bridgehead atoms. The molecule has 1 N–H and O–H groups in total. The molecule has 0 unspecified atom stereocenters. The maximum Gasteiger partial charge on any atom is 0.256 e. The van der Waals surface area contributed by atoms with E-state index in [9.17, 15) is 13.2 Å². The zero-order valence-electron chi connectivity index (χ0n) is 19.4. The molecule has 36 heavy (non-hydrogen) atoms. The van der Waals surface area contributed by atoms with Crippen LogP contribution in [0.1, 0.15) is 21.7 Å². The lowest BCUT2D eigenvalue weighted by Gasteiger charge is -2.21. The quantitative estimate of drug-likeness (QED) is 0.283. The Morgan fingerprint density at radius 3 is 2.22 bits per heavy atom. The van der Waals surface area contributed by atoms with Crippen LogP contribution < -0.4 is 5.32 Å². The van der Waals surface area contributed by atoms with Crippen LogP contribution in [-0.4, -0.2) is 18.6 Å². The molecule has 0 saturated carbocycles. The fourth-order valence-corrected chi connectivity index (χ4v) is 5.46. The third kappa shape index (κ3) is 5.07. The highest BCUT2D eigenvalue weighted by Gasteiger charge is 2.26. The largest absolute Gasteiger partial charge is 0.468 e. The van der Waals surface area contributed by atoms with E-state index in [4.69, 9.17) is 4.42 Å². The number of rotatable bonds is 8. The van der Waals surface area contributed by atoms with Crippen LogP contribution in [-0.2, 0) is 23.1 Å². The fraction of sp³-hybridized carbons (Fsp3) is 0.0690. The van der Waals surface area contributed by atoms with Crippen LogP contribution in [0, 0.1) is 0 Å². The summed E-state index contributed by atoms with van der Waals surface area (Å²) in [6.07, 6.45) is 1.52. The molecule has 0 radical (unpaired) electrons. The molecule has 1 amide bonds. The van der Waals surface area contributed by atoms with E-state index in [-0.39, 0.29) is 23.9 Å². The molecule has 1 aromatic heterocycles. The van der Waals surface area contributed by atoms with Gasteiger partial charge in [-0.3, -0.25) is 4.79 Å². The standard InChI is InChI=1S/C29H24N2O4S/c32-29(28-14-6-11-23-10-4-5-13-27(23)28)30-24-15-17-26(18-16-24)36(33,34)31(21-25-12-7-19-35-25)20-22-8-2-1-3-9-22/h1-19H,20-21H2,(H,30,32). The number of hydrogen-bond donors (Lipinski definition) is 1. The van der Waals surface area contributed by atoms with Crippen LogP contribution in [0.25, 0.3) is 10.8 Å². The van der Waals surface area contributed by atoms with Crippen molar-refractivity contribution < 1.29 is 17.6 Å². The zero-order valence-corrected chi connectivity index (χ0v) is 20.2. The summed E-state index contributed by atoms with van der Waals surface area (Å²) in [5.74, 6) is 0.291. The Hall–Kier alpha value is -4.20. The second-order valence-corrected chi connectivity index (χ2v) is 10.3. The first kappa shape index (κ1) is 23.5. The lowest BCUT2D eigenvalue weighted by atomic mass is 10.0. The lowest BCUT2D eigenvalue weighted by molar-refractivity contribution is 0.102. The van der Waals surface area contributed by atoms with Gasteiger partial charge >= 0.3 is 0 Å². The number of nitrogens with zero attached hydrogens (tertiary/aromatic N) is 1. The van der Waals surface area contributed by atoms with Crippen molar-refractivity contribution in [3.63, 3.8) is 0 Å². The average Bonchev–Trinajstić information content (AvgIpc) is 3.42. The summed E-state index contributed by atoms with van der Waals surface area (Å²) in [4.78, 5) is 13.1. The molecule has 7 heteroatoms. The van der Waals surface area contributed by atoms with Gasteiger partial charge in [0.2, 0.25) is 10.0 Å². The highest BCUT2D eigenvalue weighted by atomic mass is 32.2. The number of sulfonamides is 1. The van der Waals surface area contributed by atoms with Crippen molar-refractivity contribution in [2.45, 2.75) is 18.0 Å². The van der Waals surface area contributed by atoms with Gasteiger partial charge in [0.1, 0.15) is 5.76 Å². The van der Waals surface area contributed by atoms with Crippen LogP contribution in [0.4, 0.5) is 5.69 Å². The van der Waals surface area contributed by atoms with Crippen molar-refractivity contribution in [2.75, 3.05) is 5.32 Å². The Bertz CT molecular complexity index is 1570. The SMILES string of the molecule is O=C(Nc1ccc(S(=O)(=O)N(Cc2ccccc2)Cc2ccco2)cc1)c1cccc2ccccc12. The Labute approximate surface area is 209 Å².